The molecule has 0 aromatic heterocycles. The molecular formula is C37H57NO9. The van der Waals surface area contributed by atoms with Gasteiger partial charge in [0.2, 0.25) is 0 Å². The highest BCUT2D eigenvalue weighted by Gasteiger charge is 2.25. The molecule has 1 aliphatic carbocycles. The van der Waals surface area contributed by atoms with Crippen LogP contribution in [0.1, 0.15) is 34.8 Å². The molecule has 1 aliphatic rings. The van der Waals surface area contributed by atoms with Crippen molar-refractivity contribution in [3.8, 4) is 0 Å². The summed E-state index contributed by atoms with van der Waals surface area (Å²) in [5.74, 6) is 0. The third-order valence-corrected chi connectivity index (χ3v) is 7.45. The number of ether oxygens (including phenoxy) is 9. The maximum atomic E-state index is 6.43. The first-order chi connectivity index (χ1) is 23.2. The largest absolute Gasteiger partial charge is 0.382 e. The Kier molecular flexibility index (Phi) is 21.5. The van der Waals surface area contributed by atoms with Gasteiger partial charge >= 0.3 is 0 Å². The van der Waals surface area contributed by atoms with Crippen molar-refractivity contribution < 1.29 is 42.6 Å². The second kappa shape index (κ2) is 25.8. The average Bonchev–Trinajstić information content (AvgIpc) is 3.21. The number of nitrogens with zero attached hydrogens (tertiary/aromatic N) is 1. The van der Waals surface area contributed by atoms with Gasteiger partial charge in [0, 0.05) is 20.1 Å². The van der Waals surface area contributed by atoms with Crippen LogP contribution in [-0.2, 0) is 49.1 Å². The summed E-state index contributed by atoms with van der Waals surface area (Å²) in [4.78, 5) is 2.22. The predicted octanol–water partition coefficient (Wildman–Crippen LogP) is 4.45. The van der Waals surface area contributed by atoms with E-state index in [2.05, 4.69) is 73.6 Å². The van der Waals surface area contributed by atoms with E-state index in [0.29, 0.717) is 106 Å². The molecule has 0 aliphatic heterocycles. The third-order valence-electron chi connectivity index (χ3n) is 7.45. The molecule has 1 atom stereocenters. The van der Waals surface area contributed by atoms with Crippen LogP contribution in [0.2, 0.25) is 0 Å². The number of benzene rings is 2. The molecule has 0 amide bonds. The number of fused-ring (bicyclic) bond motifs is 2. The Morgan fingerprint density at radius 1 is 0.574 bits per heavy atom. The van der Waals surface area contributed by atoms with Crippen molar-refractivity contribution in [3.05, 3.63) is 76.9 Å². The average molecular weight is 660 g/mol. The monoisotopic (exact) mass is 659 g/mol. The van der Waals surface area contributed by atoms with E-state index in [0.717, 1.165) is 19.4 Å². The van der Waals surface area contributed by atoms with E-state index in [4.69, 9.17) is 42.6 Å². The molecule has 0 radical (unpaired) electrons. The van der Waals surface area contributed by atoms with E-state index < -0.39 is 0 Å². The summed E-state index contributed by atoms with van der Waals surface area (Å²) in [5, 5.41) is 0. The minimum absolute atomic E-state index is 0.0253. The molecule has 0 bridgehead atoms. The zero-order valence-corrected chi connectivity index (χ0v) is 28.8. The Labute approximate surface area is 282 Å². The van der Waals surface area contributed by atoms with Crippen LogP contribution in [0.3, 0.4) is 0 Å². The number of hydrogen-bond acceptors (Lipinski definition) is 10. The van der Waals surface area contributed by atoms with E-state index in [9.17, 15) is 0 Å². The highest BCUT2D eigenvalue weighted by molar-refractivity contribution is 5.84. The summed E-state index contributed by atoms with van der Waals surface area (Å²) in [6, 6.07) is 17.3. The molecule has 0 saturated heterocycles. The number of hydrogen-bond donors (Lipinski definition) is 0. The van der Waals surface area contributed by atoms with Crippen molar-refractivity contribution in [2.24, 2.45) is 0 Å². The van der Waals surface area contributed by atoms with Gasteiger partial charge in [-0.2, -0.15) is 0 Å². The van der Waals surface area contributed by atoms with E-state index >= 15 is 0 Å². The molecule has 2 aromatic rings. The van der Waals surface area contributed by atoms with Crippen molar-refractivity contribution in [1.29, 1.82) is 0 Å². The minimum atomic E-state index is -0.0253. The van der Waals surface area contributed by atoms with Gasteiger partial charge in [-0.15, -0.1) is 0 Å². The molecule has 47 heavy (non-hydrogen) atoms. The topological polar surface area (TPSA) is 86.3 Å². The van der Waals surface area contributed by atoms with E-state index in [1.54, 1.807) is 7.11 Å². The van der Waals surface area contributed by atoms with Crippen LogP contribution in [0.4, 0.5) is 0 Å². The lowest BCUT2D eigenvalue weighted by molar-refractivity contribution is -0.0289. The summed E-state index contributed by atoms with van der Waals surface area (Å²) in [6.07, 6.45) is 4.18. The summed E-state index contributed by atoms with van der Waals surface area (Å²) >= 11 is 0. The fourth-order valence-electron chi connectivity index (χ4n) is 5.09. The molecule has 264 valence electrons. The summed E-state index contributed by atoms with van der Waals surface area (Å²) in [5.41, 5.74) is 6.41. The van der Waals surface area contributed by atoms with Crippen LogP contribution in [-0.4, -0.2) is 138 Å². The molecule has 0 unspecified atom stereocenters. The Bertz CT molecular complexity index is 1100. The maximum absolute atomic E-state index is 6.43. The van der Waals surface area contributed by atoms with Crippen molar-refractivity contribution in [1.82, 2.24) is 4.90 Å². The van der Waals surface area contributed by atoms with Gasteiger partial charge < -0.3 is 47.5 Å². The van der Waals surface area contributed by atoms with Gasteiger partial charge in [-0.05, 0) is 48.3 Å². The standard InChI is InChI=1S/C37H57NO9/c1-38(2)14-8-13-34-33-10-5-4-9-32(33)31-37(36-12-7-6-11-35(34)36)47-30-29-46-28-27-45-26-25-44-24-23-43-22-21-42-20-19-41-18-17-40-16-15-39-3/h4-7,9-13,37H,8,14-31H2,1-3H3/b34-13+/t37-/m1/s1. The zero-order chi connectivity index (χ0) is 33.2. The van der Waals surface area contributed by atoms with Gasteiger partial charge in [0.05, 0.1) is 112 Å². The van der Waals surface area contributed by atoms with Crippen LogP contribution in [0.25, 0.3) is 5.57 Å². The maximum Gasteiger partial charge on any atom is 0.0872 e. The molecule has 0 spiro atoms. The molecule has 0 N–H and O–H groups in total. The molecule has 10 heteroatoms. The second-order valence-corrected chi connectivity index (χ2v) is 11.3. The van der Waals surface area contributed by atoms with Crippen LogP contribution < -0.4 is 0 Å². The SMILES string of the molecule is COCCOCCOCCOCCOCCOCCOCCOCCO[C@@H]1Cc2ccccc2/C(=C\CCN(C)C)c2ccccc21. The molecule has 0 saturated carbocycles. The van der Waals surface area contributed by atoms with Crippen molar-refractivity contribution in [2.45, 2.75) is 18.9 Å². The lowest BCUT2D eigenvalue weighted by Crippen LogP contribution is -2.15. The van der Waals surface area contributed by atoms with Crippen LogP contribution in [0.5, 0.6) is 0 Å². The Morgan fingerprint density at radius 3 is 1.53 bits per heavy atom. The van der Waals surface area contributed by atoms with E-state index in [-0.39, 0.29) is 6.10 Å². The summed E-state index contributed by atoms with van der Waals surface area (Å²) in [7, 11) is 5.88. The van der Waals surface area contributed by atoms with Crippen LogP contribution >= 0.6 is 0 Å². The molecule has 3 rings (SSSR count). The molecule has 0 fully saturated rings. The molecule has 0 heterocycles. The van der Waals surface area contributed by atoms with Crippen molar-refractivity contribution in [2.75, 3.05) is 133 Å². The molecule has 10 nitrogen and oxygen atoms in total. The van der Waals surface area contributed by atoms with E-state index in [1.807, 2.05) is 0 Å². The smallest absolute Gasteiger partial charge is 0.0872 e. The highest BCUT2D eigenvalue weighted by Crippen LogP contribution is 2.39. The summed E-state index contributed by atoms with van der Waals surface area (Å²) < 4.78 is 50.1. The normalized spacial score (nSPS) is 15.2. The Balaban J connectivity index is 1.18. The van der Waals surface area contributed by atoms with Gasteiger partial charge in [-0.3, -0.25) is 0 Å². The van der Waals surface area contributed by atoms with Gasteiger partial charge in [-0.1, -0.05) is 54.6 Å². The highest BCUT2D eigenvalue weighted by atomic mass is 16.6. The first-order valence-electron chi connectivity index (χ1n) is 16.9. The van der Waals surface area contributed by atoms with Gasteiger partial charge in [0.1, 0.15) is 0 Å². The fourth-order valence-corrected chi connectivity index (χ4v) is 5.09. The van der Waals surface area contributed by atoms with Gasteiger partial charge in [0.15, 0.2) is 0 Å². The first kappa shape index (κ1) is 39.2. The molecule has 2 aromatic carbocycles. The molecular weight excluding hydrogens is 602 g/mol. The fraction of sp³-hybridized carbons (Fsp3) is 0.622. The third kappa shape index (κ3) is 16.6. The lowest BCUT2D eigenvalue weighted by Gasteiger charge is -2.19. The Hall–Kier alpha value is -2.22. The lowest BCUT2D eigenvalue weighted by atomic mass is 9.93. The first-order valence-corrected chi connectivity index (χ1v) is 16.9. The van der Waals surface area contributed by atoms with Crippen LogP contribution in [0, 0.1) is 0 Å². The Morgan fingerprint density at radius 2 is 1.02 bits per heavy atom. The second-order valence-electron chi connectivity index (χ2n) is 11.3. The zero-order valence-electron chi connectivity index (χ0n) is 28.8. The van der Waals surface area contributed by atoms with E-state index in [1.165, 1.54) is 27.8 Å². The minimum Gasteiger partial charge on any atom is -0.382 e. The van der Waals surface area contributed by atoms with Gasteiger partial charge in [0.25, 0.3) is 0 Å². The van der Waals surface area contributed by atoms with Gasteiger partial charge in [-0.25, -0.2) is 0 Å². The number of methoxy groups -OCH3 is 1. The number of rotatable bonds is 28. The van der Waals surface area contributed by atoms with Crippen LogP contribution in [0.15, 0.2) is 54.6 Å². The quantitative estimate of drug-likeness (QED) is 0.122. The predicted molar refractivity (Wildman–Crippen MR) is 183 cm³/mol. The summed E-state index contributed by atoms with van der Waals surface area (Å²) in [6.45, 7) is 9.58. The van der Waals surface area contributed by atoms with Crippen molar-refractivity contribution >= 4 is 5.57 Å². The van der Waals surface area contributed by atoms with Crippen molar-refractivity contribution in [3.63, 3.8) is 0 Å².